The zero-order chi connectivity index (χ0) is 13.9. The second-order valence-electron chi connectivity index (χ2n) is 4.41. The third kappa shape index (κ3) is 2.37. The molecule has 0 aliphatic rings. The number of rotatable bonds is 5. The number of aromatic nitrogens is 5. The number of hydrogen-bond donors (Lipinski definition) is 1. The van der Waals surface area contributed by atoms with Crippen molar-refractivity contribution >= 4 is 17.0 Å². The first-order valence-corrected chi connectivity index (χ1v) is 6.22. The Morgan fingerprint density at radius 2 is 2.15 bits per heavy atom. The molecular weight excluding hydrogens is 258 g/mol. The van der Waals surface area contributed by atoms with E-state index in [1.54, 1.807) is 11.0 Å². The Morgan fingerprint density at radius 3 is 2.90 bits per heavy atom. The van der Waals surface area contributed by atoms with Crippen LogP contribution in [-0.4, -0.2) is 35.4 Å². The average molecular weight is 271 g/mol. The minimum Gasteiger partial charge on any atom is -0.481 e. The van der Waals surface area contributed by atoms with E-state index in [9.17, 15) is 4.79 Å². The van der Waals surface area contributed by atoms with Crippen LogP contribution in [0.1, 0.15) is 12.2 Å². The Hall–Kier alpha value is -2.70. The van der Waals surface area contributed by atoms with Gasteiger partial charge in [0.2, 0.25) is 0 Å². The second-order valence-corrected chi connectivity index (χ2v) is 4.41. The van der Waals surface area contributed by atoms with Gasteiger partial charge in [-0.25, -0.2) is 14.6 Å². The molecule has 20 heavy (non-hydrogen) atoms. The fourth-order valence-corrected chi connectivity index (χ4v) is 2.16. The van der Waals surface area contributed by atoms with Crippen molar-refractivity contribution < 1.29 is 9.90 Å². The quantitative estimate of drug-likeness (QED) is 0.752. The molecule has 0 atom stereocenters. The lowest BCUT2D eigenvalue weighted by Gasteiger charge is -2.07. The summed E-state index contributed by atoms with van der Waals surface area (Å²) in [6, 6.07) is 7.68. The molecule has 102 valence electrons. The van der Waals surface area contributed by atoms with Crippen LogP contribution in [0.4, 0.5) is 0 Å². The van der Waals surface area contributed by atoms with Gasteiger partial charge >= 0.3 is 5.97 Å². The van der Waals surface area contributed by atoms with E-state index in [1.807, 2.05) is 28.8 Å². The van der Waals surface area contributed by atoms with Gasteiger partial charge in [0.25, 0.3) is 0 Å². The van der Waals surface area contributed by atoms with Crippen molar-refractivity contribution in [3.8, 4) is 0 Å². The maximum atomic E-state index is 10.8. The largest absolute Gasteiger partial charge is 0.481 e. The number of aryl methyl sites for hydroxylation is 1. The number of hydrogen-bond acceptors (Lipinski definition) is 4. The summed E-state index contributed by atoms with van der Waals surface area (Å²) in [4.78, 5) is 19.2. The van der Waals surface area contributed by atoms with Crippen LogP contribution >= 0.6 is 0 Å². The molecule has 0 saturated carbocycles. The predicted octanol–water partition coefficient (Wildman–Crippen LogP) is 1.15. The summed E-state index contributed by atoms with van der Waals surface area (Å²) in [5, 5.41) is 12.9. The molecule has 2 aromatic heterocycles. The minimum atomic E-state index is -0.825. The van der Waals surface area contributed by atoms with Gasteiger partial charge in [0.05, 0.1) is 17.5 Å². The number of carboxylic acid groups (broad SMARTS) is 1. The molecule has 0 spiro atoms. The fourth-order valence-electron chi connectivity index (χ4n) is 2.16. The molecule has 7 nitrogen and oxygen atoms in total. The molecule has 1 aromatic carbocycles. The van der Waals surface area contributed by atoms with Crippen LogP contribution in [0.5, 0.6) is 0 Å². The minimum absolute atomic E-state index is 0.0602. The number of fused-ring (bicyclic) bond motifs is 1. The lowest BCUT2D eigenvalue weighted by atomic mass is 10.3. The number of para-hydroxylation sites is 2. The number of benzene rings is 1. The predicted molar refractivity (Wildman–Crippen MR) is 71.1 cm³/mol. The fraction of sp³-hybridized carbons (Fsp3) is 0.231. The highest BCUT2D eigenvalue weighted by atomic mass is 16.4. The Kier molecular flexibility index (Phi) is 3.16. The van der Waals surface area contributed by atoms with E-state index in [2.05, 4.69) is 15.1 Å². The first-order valence-electron chi connectivity index (χ1n) is 6.22. The lowest BCUT2D eigenvalue weighted by Crippen LogP contribution is -2.11. The van der Waals surface area contributed by atoms with Crippen molar-refractivity contribution in [2.45, 2.75) is 19.5 Å². The van der Waals surface area contributed by atoms with Crippen molar-refractivity contribution in [1.29, 1.82) is 0 Å². The molecule has 3 aromatic rings. The van der Waals surface area contributed by atoms with E-state index >= 15 is 0 Å². The molecule has 0 aliphatic carbocycles. The molecule has 0 aliphatic heterocycles. The average Bonchev–Trinajstić information content (AvgIpc) is 3.04. The van der Waals surface area contributed by atoms with E-state index in [0.717, 1.165) is 16.9 Å². The van der Waals surface area contributed by atoms with Crippen LogP contribution in [0.2, 0.25) is 0 Å². The summed E-state index contributed by atoms with van der Waals surface area (Å²) in [5.41, 5.74) is 1.79. The summed E-state index contributed by atoms with van der Waals surface area (Å²) >= 11 is 0. The molecule has 3 rings (SSSR count). The van der Waals surface area contributed by atoms with Crippen molar-refractivity contribution in [1.82, 2.24) is 24.3 Å². The van der Waals surface area contributed by atoms with Crippen molar-refractivity contribution in [3.05, 3.63) is 42.7 Å². The summed E-state index contributed by atoms with van der Waals surface area (Å²) in [6.45, 7) is 0.855. The van der Waals surface area contributed by atoms with Crippen molar-refractivity contribution in [2.24, 2.45) is 0 Å². The van der Waals surface area contributed by atoms with E-state index in [0.29, 0.717) is 13.1 Å². The first kappa shape index (κ1) is 12.3. The van der Waals surface area contributed by atoms with Crippen LogP contribution in [0.3, 0.4) is 0 Å². The van der Waals surface area contributed by atoms with E-state index in [-0.39, 0.29) is 6.42 Å². The van der Waals surface area contributed by atoms with Crippen LogP contribution in [0.15, 0.2) is 36.9 Å². The van der Waals surface area contributed by atoms with Crippen LogP contribution in [0, 0.1) is 0 Å². The lowest BCUT2D eigenvalue weighted by molar-refractivity contribution is -0.137. The highest BCUT2D eigenvalue weighted by Gasteiger charge is 2.12. The van der Waals surface area contributed by atoms with E-state index < -0.39 is 5.97 Å². The third-order valence-corrected chi connectivity index (χ3v) is 3.05. The molecule has 2 heterocycles. The van der Waals surface area contributed by atoms with E-state index in [4.69, 9.17) is 5.11 Å². The first-order chi connectivity index (χ1) is 9.74. The van der Waals surface area contributed by atoms with Gasteiger partial charge in [0, 0.05) is 6.54 Å². The Bertz CT molecular complexity index is 732. The van der Waals surface area contributed by atoms with Gasteiger partial charge < -0.3 is 9.67 Å². The second kappa shape index (κ2) is 5.12. The summed E-state index contributed by atoms with van der Waals surface area (Å²) in [7, 11) is 0. The normalized spacial score (nSPS) is 11.0. The maximum absolute atomic E-state index is 10.8. The van der Waals surface area contributed by atoms with E-state index in [1.165, 1.54) is 6.33 Å². The van der Waals surface area contributed by atoms with Gasteiger partial charge in [0.1, 0.15) is 25.0 Å². The van der Waals surface area contributed by atoms with Gasteiger partial charge in [-0.3, -0.25) is 4.79 Å². The maximum Gasteiger partial charge on any atom is 0.305 e. The Morgan fingerprint density at radius 1 is 1.30 bits per heavy atom. The zero-order valence-electron chi connectivity index (χ0n) is 10.7. The number of carboxylic acids is 1. The highest BCUT2D eigenvalue weighted by molar-refractivity contribution is 5.76. The standard InChI is InChI=1S/C13H13N5O2/c19-13(20)5-6-18-11-4-2-1-3-10(11)16-12(18)7-17-9-14-8-15-17/h1-4,8-9H,5-7H2,(H,19,20). The van der Waals surface area contributed by atoms with Gasteiger partial charge in [0.15, 0.2) is 0 Å². The van der Waals surface area contributed by atoms with Crippen LogP contribution < -0.4 is 0 Å². The molecule has 0 bridgehead atoms. The highest BCUT2D eigenvalue weighted by Crippen LogP contribution is 2.17. The van der Waals surface area contributed by atoms with Crippen molar-refractivity contribution in [3.63, 3.8) is 0 Å². The van der Waals surface area contributed by atoms with Gasteiger partial charge in [-0.05, 0) is 12.1 Å². The number of nitrogens with zero attached hydrogens (tertiary/aromatic N) is 5. The smallest absolute Gasteiger partial charge is 0.305 e. The molecule has 7 heteroatoms. The Labute approximate surface area is 114 Å². The summed E-state index contributed by atoms with van der Waals surface area (Å²) in [6.07, 6.45) is 3.13. The van der Waals surface area contributed by atoms with Crippen LogP contribution in [0.25, 0.3) is 11.0 Å². The number of aliphatic carboxylic acids is 1. The van der Waals surface area contributed by atoms with Gasteiger partial charge in [-0.1, -0.05) is 12.1 Å². The molecule has 0 radical (unpaired) electrons. The summed E-state index contributed by atoms with van der Waals surface area (Å²) in [5.74, 6) is -0.0487. The van der Waals surface area contributed by atoms with Gasteiger partial charge in [-0.2, -0.15) is 5.10 Å². The molecule has 1 N–H and O–H groups in total. The van der Waals surface area contributed by atoms with Crippen LogP contribution in [-0.2, 0) is 17.9 Å². The Balaban J connectivity index is 2.00. The SMILES string of the molecule is O=C(O)CCn1c(Cn2cncn2)nc2ccccc21. The molecule has 0 amide bonds. The monoisotopic (exact) mass is 271 g/mol. The molecule has 0 fully saturated rings. The number of carbonyl (C=O) groups is 1. The molecule has 0 saturated heterocycles. The topological polar surface area (TPSA) is 85.8 Å². The van der Waals surface area contributed by atoms with Crippen molar-refractivity contribution in [2.75, 3.05) is 0 Å². The summed E-state index contributed by atoms with van der Waals surface area (Å²) < 4.78 is 3.59. The molecule has 0 unspecified atom stereocenters. The number of imidazole rings is 1. The van der Waals surface area contributed by atoms with Gasteiger partial charge in [-0.15, -0.1) is 0 Å². The third-order valence-electron chi connectivity index (χ3n) is 3.05. The zero-order valence-corrected chi connectivity index (χ0v) is 10.7. The molecular formula is C13H13N5O2.